The summed E-state index contributed by atoms with van der Waals surface area (Å²) in [4.78, 5) is -0.142. The maximum Gasteiger partial charge on any atom is 0.240 e. The maximum absolute atomic E-state index is 13.3. The van der Waals surface area contributed by atoms with Crippen LogP contribution in [0.15, 0.2) is 111 Å². The second-order valence-electron chi connectivity index (χ2n) is 7.25. The molecule has 1 atom stereocenters. The average molecular weight is 486 g/mol. The Balaban J connectivity index is 1.58. The Labute approximate surface area is 191 Å². The van der Waals surface area contributed by atoms with Crippen molar-refractivity contribution in [1.29, 1.82) is 0 Å². The second kappa shape index (κ2) is 9.30. The molecule has 0 saturated heterocycles. The van der Waals surface area contributed by atoms with E-state index >= 15 is 0 Å². The minimum Gasteiger partial charge on any atom is -0.468 e. The zero-order valence-corrected chi connectivity index (χ0v) is 18.9. The maximum atomic E-state index is 13.3. The monoisotopic (exact) mass is 485 g/mol. The van der Waals surface area contributed by atoms with E-state index in [1.54, 1.807) is 12.1 Å². The summed E-state index contributed by atoms with van der Waals surface area (Å²) < 4.78 is 73.0. The third-order valence-electron chi connectivity index (χ3n) is 5.11. The lowest BCUT2D eigenvalue weighted by atomic mass is 10.1. The van der Waals surface area contributed by atoms with Crippen molar-refractivity contribution in [3.8, 4) is 11.1 Å². The third-order valence-corrected chi connectivity index (χ3v) is 8.62. The number of hydrogen-bond acceptors (Lipinski definition) is 5. The lowest BCUT2D eigenvalue weighted by Crippen LogP contribution is -2.31. The standard InChI is InChI=1S/C24H20FNO5S2/c25-20-10-14-21(15-11-20)32(27,28)24(23-7-4-16-31-23)17-26-33(29,30)22-12-8-19(9-13-22)18-5-2-1-3-6-18/h1-16,24,26H,17H2/t24-/m0/s1. The van der Waals surface area contributed by atoms with Crippen LogP contribution in [0.3, 0.4) is 0 Å². The quantitative estimate of drug-likeness (QED) is 0.369. The molecule has 0 aliphatic carbocycles. The predicted octanol–water partition coefficient (Wildman–Crippen LogP) is 4.58. The molecule has 1 N–H and O–H groups in total. The summed E-state index contributed by atoms with van der Waals surface area (Å²) in [5.74, 6) is -0.510. The Morgan fingerprint density at radius 3 is 1.94 bits per heavy atom. The van der Waals surface area contributed by atoms with Gasteiger partial charge in [-0.1, -0.05) is 42.5 Å². The Kier molecular flexibility index (Phi) is 6.46. The van der Waals surface area contributed by atoms with Crippen LogP contribution < -0.4 is 4.72 Å². The van der Waals surface area contributed by atoms with E-state index in [0.717, 1.165) is 35.4 Å². The van der Waals surface area contributed by atoms with Crippen molar-refractivity contribution < 1.29 is 25.6 Å². The molecule has 170 valence electrons. The molecule has 0 aliphatic rings. The van der Waals surface area contributed by atoms with E-state index in [9.17, 15) is 21.2 Å². The first-order valence-electron chi connectivity index (χ1n) is 9.95. The van der Waals surface area contributed by atoms with Gasteiger partial charge in [-0.3, -0.25) is 0 Å². The molecule has 0 amide bonds. The SMILES string of the molecule is O=S(=O)(NC[C@@H](c1ccco1)S(=O)(=O)c1ccc(F)cc1)c1ccc(-c2ccccc2)cc1. The predicted molar refractivity (Wildman–Crippen MR) is 122 cm³/mol. The van der Waals surface area contributed by atoms with Gasteiger partial charge in [0.1, 0.15) is 16.8 Å². The van der Waals surface area contributed by atoms with Gasteiger partial charge in [0.15, 0.2) is 9.84 Å². The van der Waals surface area contributed by atoms with E-state index in [0.29, 0.717) is 0 Å². The number of halogens is 1. The van der Waals surface area contributed by atoms with Crippen LogP contribution in [0.4, 0.5) is 4.39 Å². The van der Waals surface area contributed by atoms with Crippen molar-refractivity contribution in [2.75, 3.05) is 6.54 Å². The molecular formula is C24H20FNO5S2. The largest absolute Gasteiger partial charge is 0.468 e. The summed E-state index contributed by atoms with van der Waals surface area (Å²) in [6.45, 7) is -0.462. The van der Waals surface area contributed by atoms with Gasteiger partial charge in [-0.25, -0.2) is 25.9 Å². The first-order chi connectivity index (χ1) is 15.8. The molecule has 0 unspecified atom stereocenters. The van der Waals surface area contributed by atoms with E-state index in [2.05, 4.69) is 4.72 Å². The molecule has 6 nitrogen and oxygen atoms in total. The number of furan rings is 1. The zero-order valence-electron chi connectivity index (χ0n) is 17.3. The molecule has 33 heavy (non-hydrogen) atoms. The van der Waals surface area contributed by atoms with E-state index in [1.165, 1.54) is 30.5 Å². The summed E-state index contributed by atoms with van der Waals surface area (Å²) in [6.07, 6.45) is 1.30. The fourth-order valence-electron chi connectivity index (χ4n) is 3.35. The van der Waals surface area contributed by atoms with Crippen LogP contribution in [-0.2, 0) is 19.9 Å². The summed E-state index contributed by atoms with van der Waals surface area (Å²) in [5.41, 5.74) is 1.79. The Morgan fingerprint density at radius 2 is 1.33 bits per heavy atom. The van der Waals surface area contributed by atoms with Gasteiger partial charge in [0.25, 0.3) is 0 Å². The van der Waals surface area contributed by atoms with E-state index in [-0.39, 0.29) is 15.6 Å². The highest BCUT2D eigenvalue weighted by Crippen LogP contribution is 2.30. The third kappa shape index (κ3) is 5.05. The highest BCUT2D eigenvalue weighted by atomic mass is 32.2. The number of rotatable bonds is 8. The van der Waals surface area contributed by atoms with Crippen molar-refractivity contribution >= 4 is 19.9 Å². The molecule has 4 rings (SSSR count). The van der Waals surface area contributed by atoms with Crippen LogP contribution in [0, 0.1) is 5.82 Å². The van der Waals surface area contributed by atoms with Crippen LogP contribution in [0.1, 0.15) is 11.0 Å². The molecule has 0 spiro atoms. The van der Waals surface area contributed by atoms with Gasteiger partial charge < -0.3 is 4.42 Å². The smallest absolute Gasteiger partial charge is 0.240 e. The van der Waals surface area contributed by atoms with Crippen LogP contribution in [0.5, 0.6) is 0 Å². The molecule has 1 aromatic heterocycles. The molecular weight excluding hydrogens is 465 g/mol. The Morgan fingerprint density at radius 1 is 0.727 bits per heavy atom. The first-order valence-corrected chi connectivity index (χ1v) is 13.0. The molecule has 9 heteroatoms. The number of nitrogens with one attached hydrogen (secondary N) is 1. The molecule has 0 bridgehead atoms. The van der Waals surface area contributed by atoms with Crippen molar-refractivity contribution in [1.82, 2.24) is 4.72 Å². The molecule has 0 radical (unpaired) electrons. The number of sulfonamides is 1. The lowest BCUT2D eigenvalue weighted by Gasteiger charge is -2.17. The van der Waals surface area contributed by atoms with Crippen molar-refractivity contribution in [2.24, 2.45) is 0 Å². The topological polar surface area (TPSA) is 93.4 Å². The number of sulfone groups is 1. The highest BCUT2D eigenvalue weighted by molar-refractivity contribution is 7.92. The Bertz CT molecular complexity index is 1420. The molecule has 0 saturated carbocycles. The fourth-order valence-corrected chi connectivity index (χ4v) is 6.09. The normalized spacial score (nSPS) is 13.0. The van der Waals surface area contributed by atoms with E-state index < -0.39 is 37.5 Å². The fraction of sp³-hybridized carbons (Fsp3) is 0.0833. The Hall–Kier alpha value is -3.27. The molecule has 4 aromatic rings. The average Bonchev–Trinajstić information content (AvgIpc) is 3.34. The van der Waals surface area contributed by atoms with Gasteiger partial charge in [-0.05, 0) is 59.7 Å². The van der Waals surface area contributed by atoms with Gasteiger partial charge in [0.2, 0.25) is 10.0 Å². The van der Waals surface area contributed by atoms with Crippen molar-refractivity contribution in [3.63, 3.8) is 0 Å². The first kappa shape index (κ1) is 22.9. The zero-order chi connectivity index (χ0) is 23.5. The van der Waals surface area contributed by atoms with Crippen LogP contribution >= 0.6 is 0 Å². The van der Waals surface area contributed by atoms with Crippen molar-refractivity contribution in [2.45, 2.75) is 15.0 Å². The summed E-state index contributed by atoms with van der Waals surface area (Å²) >= 11 is 0. The van der Waals surface area contributed by atoms with Crippen LogP contribution in [0.2, 0.25) is 0 Å². The van der Waals surface area contributed by atoms with E-state index in [4.69, 9.17) is 4.42 Å². The van der Waals surface area contributed by atoms with E-state index in [1.807, 2.05) is 30.3 Å². The summed E-state index contributed by atoms with van der Waals surface area (Å²) in [6, 6.07) is 23.1. The lowest BCUT2D eigenvalue weighted by molar-refractivity contribution is 0.486. The summed E-state index contributed by atoms with van der Waals surface area (Å²) in [7, 11) is -8.09. The molecule has 1 heterocycles. The van der Waals surface area contributed by atoms with Gasteiger partial charge in [-0.15, -0.1) is 0 Å². The molecule has 3 aromatic carbocycles. The number of hydrogen-bond donors (Lipinski definition) is 1. The minimum atomic E-state index is -4.08. The molecule has 0 fully saturated rings. The number of benzene rings is 3. The van der Waals surface area contributed by atoms with Crippen LogP contribution in [-0.4, -0.2) is 23.4 Å². The van der Waals surface area contributed by atoms with Crippen molar-refractivity contribution in [3.05, 3.63) is 109 Å². The van der Waals surface area contributed by atoms with Gasteiger partial charge >= 0.3 is 0 Å². The van der Waals surface area contributed by atoms with Gasteiger partial charge in [0, 0.05) is 6.54 Å². The second-order valence-corrected chi connectivity index (χ2v) is 11.1. The minimum absolute atomic E-state index is 0.000411. The highest BCUT2D eigenvalue weighted by Gasteiger charge is 2.33. The molecule has 0 aliphatic heterocycles. The van der Waals surface area contributed by atoms with Crippen LogP contribution in [0.25, 0.3) is 11.1 Å². The summed E-state index contributed by atoms with van der Waals surface area (Å²) in [5, 5.41) is -1.34. The van der Waals surface area contributed by atoms with Gasteiger partial charge in [-0.2, -0.15) is 0 Å². The van der Waals surface area contributed by atoms with Gasteiger partial charge in [0.05, 0.1) is 16.1 Å².